The number of fused-ring (bicyclic) bond motifs is 1. The molecule has 3 aromatic rings. The molecule has 5 nitrogen and oxygen atoms in total. The summed E-state index contributed by atoms with van der Waals surface area (Å²) < 4.78 is 15.7. The van der Waals surface area contributed by atoms with Crippen LogP contribution < -0.4 is 5.32 Å². The average molecular weight is 293 g/mol. The molecule has 0 amide bonds. The zero-order valence-electron chi connectivity index (χ0n) is 11.5. The molecule has 1 N–H and O–H groups in total. The van der Waals surface area contributed by atoms with Gasteiger partial charge in [0, 0.05) is 11.3 Å². The summed E-state index contributed by atoms with van der Waals surface area (Å²) in [6.45, 7) is 0. The fraction of sp³-hybridized carbons (Fsp3) is 0.0625. The Morgan fingerprint density at radius 1 is 1.00 bits per heavy atom. The third-order valence-corrected chi connectivity index (χ3v) is 3.64. The molecule has 0 saturated heterocycles. The monoisotopic (exact) mass is 293 g/mol. The Morgan fingerprint density at radius 3 is 2.59 bits per heavy atom. The lowest BCUT2D eigenvalue weighted by Crippen LogP contribution is -2.21. The number of halogens is 1. The van der Waals surface area contributed by atoms with Gasteiger partial charge in [-0.3, -0.25) is 0 Å². The van der Waals surface area contributed by atoms with Crippen LogP contribution in [0.15, 0.2) is 60.7 Å². The molecule has 0 aliphatic carbocycles. The molecule has 108 valence electrons. The van der Waals surface area contributed by atoms with Crippen molar-refractivity contribution in [2.75, 3.05) is 5.32 Å². The van der Waals surface area contributed by atoms with E-state index in [0.29, 0.717) is 11.5 Å². The van der Waals surface area contributed by atoms with Crippen LogP contribution in [0.1, 0.15) is 17.2 Å². The van der Waals surface area contributed by atoms with Crippen molar-refractivity contribution in [3.05, 3.63) is 77.6 Å². The van der Waals surface area contributed by atoms with Crippen LogP contribution in [-0.4, -0.2) is 20.2 Å². The summed E-state index contributed by atoms with van der Waals surface area (Å²) in [6, 6.07) is 16.1. The first-order valence-electron chi connectivity index (χ1n) is 6.89. The first-order valence-corrected chi connectivity index (χ1v) is 6.89. The SMILES string of the molecule is Fc1ccccc1[C@H]1C=C(c2ccccc2)Nc2nnnn21. The Balaban J connectivity index is 1.86. The number of tetrazole rings is 1. The Morgan fingerprint density at radius 2 is 1.77 bits per heavy atom. The van der Waals surface area contributed by atoms with Crippen molar-refractivity contribution >= 4 is 11.6 Å². The lowest BCUT2D eigenvalue weighted by atomic mass is 10.0. The van der Waals surface area contributed by atoms with E-state index in [-0.39, 0.29) is 11.9 Å². The predicted octanol–water partition coefficient (Wildman–Crippen LogP) is 2.87. The summed E-state index contributed by atoms with van der Waals surface area (Å²) in [5, 5.41) is 14.8. The lowest BCUT2D eigenvalue weighted by molar-refractivity contribution is 0.540. The molecule has 0 bridgehead atoms. The second-order valence-corrected chi connectivity index (χ2v) is 4.98. The smallest absolute Gasteiger partial charge is 0.248 e. The minimum absolute atomic E-state index is 0.278. The van der Waals surface area contributed by atoms with Crippen LogP contribution in [-0.2, 0) is 0 Å². The summed E-state index contributed by atoms with van der Waals surface area (Å²) in [5.74, 6) is 0.217. The molecule has 1 aliphatic heterocycles. The number of nitrogens with one attached hydrogen (secondary N) is 1. The maximum atomic E-state index is 14.2. The van der Waals surface area contributed by atoms with E-state index in [0.717, 1.165) is 11.3 Å². The zero-order chi connectivity index (χ0) is 14.9. The van der Waals surface area contributed by atoms with Gasteiger partial charge in [-0.15, -0.1) is 0 Å². The van der Waals surface area contributed by atoms with Crippen LogP contribution in [0.3, 0.4) is 0 Å². The van der Waals surface area contributed by atoms with Gasteiger partial charge in [0.25, 0.3) is 0 Å². The van der Waals surface area contributed by atoms with Crippen molar-refractivity contribution in [3.8, 4) is 0 Å². The van der Waals surface area contributed by atoms with Crippen molar-refractivity contribution < 1.29 is 4.39 Å². The Hall–Kier alpha value is -3.02. The zero-order valence-corrected chi connectivity index (χ0v) is 11.5. The van der Waals surface area contributed by atoms with E-state index in [4.69, 9.17) is 0 Å². The number of hydrogen-bond donors (Lipinski definition) is 1. The number of nitrogens with zero attached hydrogens (tertiary/aromatic N) is 4. The number of benzene rings is 2. The van der Waals surface area contributed by atoms with Crippen LogP contribution in [0, 0.1) is 5.82 Å². The highest BCUT2D eigenvalue weighted by Crippen LogP contribution is 2.32. The molecule has 6 heteroatoms. The lowest BCUT2D eigenvalue weighted by Gasteiger charge is -2.23. The molecule has 1 aromatic heterocycles. The number of rotatable bonds is 2. The van der Waals surface area contributed by atoms with Gasteiger partial charge in [-0.05, 0) is 28.1 Å². The highest BCUT2D eigenvalue weighted by molar-refractivity contribution is 5.76. The average Bonchev–Trinajstić information content (AvgIpc) is 3.04. The van der Waals surface area contributed by atoms with Gasteiger partial charge in [0.2, 0.25) is 5.95 Å². The molecule has 0 unspecified atom stereocenters. The van der Waals surface area contributed by atoms with E-state index in [1.165, 1.54) is 6.07 Å². The van der Waals surface area contributed by atoms with Crippen molar-refractivity contribution in [1.82, 2.24) is 20.2 Å². The molecular weight excluding hydrogens is 281 g/mol. The highest BCUT2D eigenvalue weighted by atomic mass is 19.1. The van der Waals surface area contributed by atoms with Gasteiger partial charge in [0.05, 0.1) is 0 Å². The number of hydrogen-bond acceptors (Lipinski definition) is 4. The maximum Gasteiger partial charge on any atom is 0.248 e. The third kappa shape index (κ3) is 2.05. The van der Waals surface area contributed by atoms with E-state index >= 15 is 0 Å². The first kappa shape index (κ1) is 12.7. The van der Waals surface area contributed by atoms with Gasteiger partial charge < -0.3 is 5.32 Å². The van der Waals surface area contributed by atoms with E-state index in [2.05, 4.69) is 20.8 Å². The van der Waals surface area contributed by atoms with Crippen LogP contribution >= 0.6 is 0 Å². The number of anilines is 1. The van der Waals surface area contributed by atoms with Crippen molar-refractivity contribution in [2.45, 2.75) is 6.04 Å². The minimum atomic E-state index is -0.386. The van der Waals surface area contributed by atoms with Crippen LogP contribution in [0.25, 0.3) is 5.70 Å². The van der Waals surface area contributed by atoms with Crippen LogP contribution in [0.2, 0.25) is 0 Å². The van der Waals surface area contributed by atoms with E-state index in [1.807, 2.05) is 36.4 Å². The minimum Gasteiger partial charge on any atom is -0.323 e. The topological polar surface area (TPSA) is 55.6 Å². The van der Waals surface area contributed by atoms with Gasteiger partial charge in [-0.25, -0.2) is 4.39 Å². The number of aromatic nitrogens is 4. The van der Waals surface area contributed by atoms with E-state index in [9.17, 15) is 4.39 Å². The molecule has 1 atom stereocenters. The first-order chi connectivity index (χ1) is 10.8. The second kappa shape index (κ2) is 5.07. The third-order valence-electron chi connectivity index (χ3n) is 3.64. The summed E-state index contributed by atoms with van der Waals surface area (Å²) in [7, 11) is 0. The second-order valence-electron chi connectivity index (χ2n) is 4.98. The molecule has 2 heterocycles. The predicted molar refractivity (Wildman–Crippen MR) is 80.4 cm³/mol. The quantitative estimate of drug-likeness (QED) is 0.789. The van der Waals surface area contributed by atoms with Gasteiger partial charge in [0.1, 0.15) is 11.9 Å². The van der Waals surface area contributed by atoms with Crippen molar-refractivity contribution in [3.63, 3.8) is 0 Å². The number of allylic oxidation sites excluding steroid dienone is 1. The van der Waals surface area contributed by atoms with Gasteiger partial charge in [0.15, 0.2) is 0 Å². The van der Waals surface area contributed by atoms with Gasteiger partial charge >= 0.3 is 0 Å². The van der Waals surface area contributed by atoms with E-state index < -0.39 is 0 Å². The molecular formula is C16H12FN5. The molecule has 1 aliphatic rings. The normalized spacial score (nSPS) is 16.6. The largest absolute Gasteiger partial charge is 0.323 e. The highest BCUT2D eigenvalue weighted by Gasteiger charge is 2.25. The fourth-order valence-corrected chi connectivity index (χ4v) is 2.58. The van der Waals surface area contributed by atoms with Crippen molar-refractivity contribution in [2.24, 2.45) is 0 Å². The maximum absolute atomic E-state index is 14.2. The van der Waals surface area contributed by atoms with Gasteiger partial charge in [-0.2, -0.15) is 4.68 Å². The molecule has 4 rings (SSSR count). The van der Waals surface area contributed by atoms with Crippen molar-refractivity contribution in [1.29, 1.82) is 0 Å². The van der Waals surface area contributed by atoms with Crippen LogP contribution in [0.5, 0.6) is 0 Å². The summed E-state index contributed by atoms with van der Waals surface area (Å²) in [6.07, 6.45) is 1.93. The standard InChI is InChI=1S/C16H12FN5/c17-13-9-5-4-8-12(13)15-10-14(11-6-2-1-3-7-11)18-16-19-20-21-22(15)16/h1-10,15H,(H,18,19,21)/t15-/m1/s1. The Labute approximate surface area is 126 Å². The molecule has 0 fully saturated rings. The summed E-state index contributed by atoms with van der Waals surface area (Å²) in [5.41, 5.74) is 2.39. The van der Waals surface area contributed by atoms with Gasteiger partial charge in [-0.1, -0.05) is 53.6 Å². The molecule has 22 heavy (non-hydrogen) atoms. The molecule has 0 saturated carbocycles. The van der Waals surface area contributed by atoms with E-state index in [1.54, 1.807) is 22.9 Å². The Bertz CT molecular complexity index is 841. The Kier molecular flexibility index (Phi) is 2.93. The molecule has 0 spiro atoms. The molecule has 0 radical (unpaired) electrons. The fourth-order valence-electron chi connectivity index (χ4n) is 2.58. The van der Waals surface area contributed by atoms with Crippen LogP contribution in [0.4, 0.5) is 10.3 Å². The molecule has 2 aromatic carbocycles. The summed E-state index contributed by atoms with van der Waals surface area (Å²) >= 11 is 0. The summed E-state index contributed by atoms with van der Waals surface area (Å²) in [4.78, 5) is 0.